The van der Waals surface area contributed by atoms with Gasteiger partial charge in [0.2, 0.25) is 15.9 Å². The van der Waals surface area contributed by atoms with Crippen LogP contribution in [0, 0.1) is 5.82 Å². The molecule has 0 radical (unpaired) electrons. The van der Waals surface area contributed by atoms with Gasteiger partial charge in [0.1, 0.15) is 11.6 Å². The number of rotatable bonds is 7. The van der Waals surface area contributed by atoms with E-state index in [1.54, 1.807) is 7.11 Å². The number of carbonyl (C=O) groups is 1. The predicted molar refractivity (Wildman–Crippen MR) is 106 cm³/mol. The van der Waals surface area contributed by atoms with Crippen LogP contribution in [-0.2, 0) is 21.4 Å². The van der Waals surface area contributed by atoms with E-state index in [4.69, 9.17) is 4.74 Å². The van der Waals surface area contributed by atoms with Crippen molar-refractivity contribution in [3.8, 4) is 5.75 Å². The number of methoxy groups -OCH3 is 1. The van der Waals surface area contributed by atoms with E-state index >= 15 is 0 Å². The highest BCUT2D eigenvalue weighted by atomic mass is 32.2. The van der Waals surface area contributed by atoms with Gasteiger partial charge in [-0.2, -0.15) is 4.31 Å². The van der Waals surface area contributed by atoms with Gasteiger partial charge in [-0.05, 0) is 35.9 Å². The lowest BCUT2D eigenvalue weighted by Crippen LogP contribution is -2.50. The van der Waals surface area contributed by atoms with E-state index in [0.717, 1.165) is 17.4 Å². The Balaban J connectivity index is 1.47. The third-order valence-electron chi connectivity index (χ3n) is 4.78. The zero-order valence-electron chi connectivity index (χ0n) is 16.2. The lowest BCUT2D eigenvalue weighted by atomic mass is 10.2. The highest BCUT2D eigenvalue weighted by Crippen LogP contribution is 2.18. The zero-order valence-corrected chi connectivity index (χ0v) is 17.0. The number of ether oxygens (including phenoxy) is 1. The first kappa shape index (κ1) is 21.2. The van der Waals surface area contributed by atoms with Crippen LogP contribution in [0.15, 0.2) is 53.4 Å². The Kier molecular flexibility index (Phi) is 6.83. The molecular formula is C20H24FN3O4S. The second kappa shape index (κ2) is 9.34. The number of nitrogens with zero attached hydrogens (tertiary/aromatic N) is 2. The maximum absolute atomic E-state index is 13.4. The summed E-state index contributed by atoms with van der Waals surface area (Å²) in [6.45, 7) is 1.99. The molecule has 1 saturated heterocycles. The van der Waals surface area contributed by atoms with E-state index in [9.17, 15) is 17.6 Å². The molecule has 0 bridgehead atoms. The first-order chi connectivity index (χ1) is 13.9. The molecule has 156 valence electrons. The lowest BCUT2D eigenvalue weighted by molar-refractivity contribution is -0.122. The molecule has 0 atom stereocenters. The van der Waals surface area contributed by atoms with E-state index in [1.165, 1.54) is 22.5 Å². The second-order valence-corrected chi connectivity index (χ2v) is 8.70. The minimum absolute atomic E-state index is 0.0526. The van der Waals surface area contributed by atoms with E-state index in [0.29, 0.717) is 19.6 Å². The number of benzene rings is 2. The van der Waals surface area contributed by atoms with E-state index in [1.807, 2.05) is 29.2 Å². The molecule has 0 spiro atoms. The molecule has 3 rings (SSSR count). The highest BCUT2D eigenvalue weighted by molar-refractivity contribution is 7.89. The van der Waals surface area contributed by atoms with Crippen molar-refractivity contribution >= 4 is 15.9 Å². The van der Waals surface area contributed by atoms with Crippen LogP contribution in [0.4, 0.5) is 4.39 Å². The quantitative estimate of drug-likeness (QED) is 0.732. The van der Waals surface area contributed by atoms with Gasteiger partial charge in [0.05, 0.1) is 18.6 Å². The topological polar surface area (TPSA) is 79.0 Å². The van der Waals surface area contributed by atoms with Gasteiger partial charge in [0, 0.05) is 32.7 Å². The maximum Gasteiger partial charge on any atom is 0.243 e. The number of halogens is 1. The number of nitrogens with one attached hydrogen (secondary N) is 1. The van der Waals surface area contributed by atoms with Crippen molar-refractivity contribution in [3.05, 3.63) is 59.9 Å². The van der Waals surface area contributed by atoms with Crippen LogP contribution in [0.3, 0.4) is 0 Å². The van der Waals surface area contributed by atoms with Gasteiger partial charge < -0.3 is 10.1 Å². The van der Waals surface area contributed by atoms with Crippen molar-refractivity contribution < 1.29 is 22.3 Å². The molecule has 1 heterocycles. The Morgan fingerprint density at radius 1 is 1.10 bits per heavy atom. The molecule has 1 amide bonds. The number of hydrogen-bond donors (Lipinski definition) is 1. The van der Waals surface area contributed by atoms with Crippen LogP contribution >= 0.6 is 0 Å². The molecule has 1 N–H and O–H groups in total. The number of carbonyl (C=O) groups excluding carboxylic acids is 1. The Morgan fingerprint density at radius 3 is 2.41 bits per heavy atom. The number of sulfonamides is 1. The normalized spacial score (nSPS) is 15.8. The Hall–Kier alpha value is -2.49. The molecule has 0 saturated carbocycles. The van der Waals surface area contributed by atoms with Gasteiger partial charge in [0.25, 0.3) is 0 Å². The number of piperazine rings is 1. The summed E-state index contributed by atoms with van der Waals surface area (Å²) in [7, 11) is -2.14. The second-order valence-electron chi connectivity index (χ2n) is 6.76. The third-order valence-corrected chi connectivity index (χ3v) is 6.68. The average Bonchev–Trinajstić information content (AvgIpc) is 2.73. The van der Waals surface area contributed by atoms with Crippen LogP contribution in [0.1, 0.15) is 5.56 Å². The first-order valence-corrected chi connectivity index (χ1v) is 10.7. The highest BCUT2D eigenvalue weighted by Gasteiger charge is 2.29. The van der Waals surface area contributed by atoms with Crippen molar-refractivity contribution in [1.82, 2.24) is 14.5 Å². The van der Waals surface area contributed by atoms with E-state index in [-0.39, 0.29) is 30.4 Å². The number of hydrogen-bond acceptors (Lipinski definition) is 5. The summed E-state index contributed by atoms with van der Waals surface area (Å²) in [5.74, 6) is 0.0478. The average molecular weight is 421 g/mol. The Morgan fingerprint density at radius 2 is 1.79 bits per heavy atom. The van der Waals surface area contributed by atoms with Crippen molar-refractivity contribution in [1.29, 1.82) is 0 Å². The summed E-state index contributed by atoms with van der Waals surface area (Å²) in [4.78, 5) is 14.0. The lowest BCUT2D eigenvalue weighted by Gasteiger charge is -2.33. The molecule has 1 aliphatic rings. The van der Waals surface area contributed by atoms with E-state index in [2.05, 4.69) is 5.32 Å². The molecule has 0 aliphatic carbocycles. The Labute approximate surface area is 170 Å². The molecule has 1 fully saturated rings. The molecule has 7 nitrogen and oxygen atoms in total. The van der Waals surface area contributed by atoms with Crippen molar-refractivity contribution in [2.75, 3.05) is 39.8 Å². The fourth-order valence-electron chi connectivity index (χ4n) is 3.11. The van der Waals surface area contributed by atoms with Gasteiger partial charge in [-0.15, -0.1) is 0 Å². The minimum Gasteiger partial charge on any atom is -0.497 e. The molecule has 9 heteroatoms. The fourth-order valence-corrected chi connectivity index (χ4v) is 4.56. The van der Waals surface area contributed by atoms with Crippen molar-refractivity contribution in [3.63, 3.8) is 0 Å². The van der Waals surface area contributed by atoms with Crippen LogP contribution in [-0.4, -0.2) is 63.4 Å². The summed E-state index contributed by atoms with van der Waals surface area (Å²) in [5.41, 5.74) is 0.963. The third kappa shape index (κ3) is 5.53. The standard InChI is InChI=1S/C20H24FN3O4S/c1-28-18-7-5-16(6-8-18)14-22-20(25)15-23-9-11-24(12-10-23)29(26,27)19-4-2-3-17(21)13-19/h2-8,13H,9-12,14-15H2,1H3,(H,22,25). The predicted octanol–water partition coefficient (Wildman–Crippen LogP) is 1.46. The van der Waals surface area contributed by atoms with Crippen LogP contribution in [0.2, 0.25) is 0 Å². The summed E-state index contributed by atoms with van der Waals surface area (Å²) in [6.07, 6.45) is 0. The van der Waals surface area contributed by atoms with Crippen molar-refractivity contribution in [2.24, 2.45) is 0 Å². The summed E-state index contributed by atoms with van der Waals surface area (Å²) >= 11 is 0. The molecule has 2 aromatic carbocycles. The van der Waals surface area contributed by atoms with Crippen LogP contribution < -0.4 is 10.1 Å². The first-order valence-electron chi connectivity index (χ1n) is 9.26. The van der Waals surface area contributed by atoms with Gasteiger partial charge in [0.15, 0.2) is 0 Å². The van der Waals surface area contributed by atoms with Gasteiger partial charge in [-0.25, -0.2) is 12.8 Å². The zero-order chi connectivity index (χ0) is 20.9. The summed E-state index contributed by atoms with van der Waals surface area (Å²) in [5, 5.41) is 2.86. The molecular weight excluding hydrogens is 397 g/mol. The molecule has 0 unspecified atom stereocenters. The molecule has 2 aromatic rings. The SMILES string of the molecule is COc1ccc(CNC(=O)CN2CCN(S(=O)(=O)c3cccc(F)c3)CC2)cc1. The fraction of sp³-hybridized carbons (Fsp3) is 0.350. The monoisotopic (exact) mass is 421 g/mol. The smallest absolute Gasteiger partial charge is 0.243 e. The minimum atomic E-state index is -3.73. The van der Waals surface area contributed by atoms with Gasteiger partial charge >= 0.3 is 0 Å². The van der Waals surface area contributed by atoms with Gasteiger partial charge in [-0.1, -0.05) is 18.2 Å². The molecule has 29 heavy (non-hydrogen) atoms. The number of amides is 1. The van der Waals surface area contributed by atoms with Crippen LogP contribution in [0.5, 0.6) is 5.75 Å². The van der Waals surface area contributed by atoms with Crippen molar-refractivity contribution in [2.45, 2.75) is 11.4 Å². The Bertz CT molecular complexity index is 942. The molecule has 1 aliphatic heterocycles. The maximum atomic E-state index is 13.4. The largest absolute Gasteiger partial charge is 0.497 e. The molecule has 0 aromatic heterocycles. The van der Waals surface area contributed by atoms with E-state index < -0.39 is 15.8 Å². The van der Waals surface area contributed by atoms with Crippen LogP contribution in [0.25, 0.3) is 0 Å². The van der Waals surface area contributed by atoms with Gasteiger partial charge in [-0.3, -0.25) is 9.69 Å². The summed E-state index contributed by atoms with van der Waals surface area (Å²) < 4.78 is 45.0. The summed E-state index contributed by atoms with van der Waals surface area (Å²) in [6, 6.07) is 12.4.